The van der Waals surface area contributed by atoms with Crippen molar-refractivity contribution in [3.05, 3.63) is 29.3 Å². The lowest BCUT2D eigenvalue weighted by atomic mass is 9.97. The van der Waals surface area contributed by atoms with Crippen molar-refractivity contribution in [3.8, 4) is 11.4 Å². The molecule has 0 aromatic carbocycles. The number of aromatic nitrogens is 4. The van der Waals surface area contributed by atoms with Gasteiger partial charge in [0.2, 0.25) is 0 Å². The van der Waals surface area contributed by atoms with E-state index < -0.39 is 0 Å². The Hall–Kier alpha value is -1.49. The van der Waals surface area contributed by atoms with E-state index >= 15 is 0 Å². The molecule has 90 valence electrons. The zero-order valence-electron chi connectivity index (χ0n) is 10.3. The van der Waals surface area contributed by atoms with Gasteiger partial charge in [-0.1, -0.05) is 20.8 Å². The Morgan fingerprint density at radius 2 is 1.94 bits per heavy atom. The van der Waals surface area contributed by atoms with Crippen LogP contribution in [0.1, 0.15) is 20.8 Å². The molecule has 0 aliphatic carbocycles. The van der Waals surface area contributed by atoms with Crippen molar-refractivity contribution in [2.75, 3.05) is 0 Å². The average Bonchev–Trinajstić information content (AvgIpc) is 2.60. The number of hydrogen-bond acceptors (Lipinski definition) is 3. The van der Waals surface area contributed by atoms with Gasteiger partial charge in [-0.25, -0.2) is 0 Å². The van der Waals surface area contributed by atoms with Gasteiger partial charge in [-0.15, -0.1) is 0 Å². The first-order chi connectivity index (χ1) is 7.97. The Morgan fingerprint density at radius 1 is 1.29 bits per heavy atom. The minimum atomic E-state index is 0.157. The summed E-state index contributed by atoms with van der Waals surface area (Å²) < 4.78 is 2.69. The Balaban J connectivity index is 2.47. The van der Waals surface area contributed by atoms with Gasteiger partial charge in [0, 0.05) is 24.5 Å². The fraction of sp³-hybridized carbons (Fsp3) is 0.417. The maximum absolute atomic E-state index is 5.27. The van der Waals surface area contributed by atoms with Gasteiger partial charge in [0.1, 0.15) is 0 Å². The van der Waals surface area contributed by atoms with Crippen molar-refractivity contribution in [2.45, 2.75) is 27.3 Å². The van der Waals surface area contributed by atoms with Crippen LogP contribution in [0, 0.1) is 10.2 Å². The lowest BCUT2D eigenvalue weighted by Gasteiger charge is -2.19. The zero-order chi connectivity index (χ0) is 12.5. The predicted octanol–water partition coefficient (Wildman–Crippen LogP) is 3.05. The number of nitrogens with zero attached hydrogens (tertiary/aromatic N) is 3. The zero-order valence-corrected chi connectivity index (χ0v) is 11.1. The van der Waals surface area contributed by atoms with Gasteiger partial charge < -0.3 is 0 Å². The second-order valence-corrected chi connectivity index (χ2v) is 5.62. The van der Waals surface area contributed by atoms with Crippen LogP contribution in [-0.2, 0) is 6.54 Å². The number of hydrogen-bond donors (Lipinski definition) is 1. The van der Waals surface area contributed by atoms with E-state index in [0.717, 1.165) is 17.9 Å². The molecule has 0 fully saturated rings. The van der Waals surface area contributed by atoms with Gasteiger partial charge in [-0.05, 0) is 29.8 Å². The molecule has 4 nitrogen and oxygen atoms in total. The Labute approximate surface area is 106 Å². The number of nitrogens with one attached hydrogen (secondary N) is 1. The third-order valence-electron chi connectivity index (χ3n) is 2.33. The van der Waals surface area contributed by atoms with Crippen LogP contribution in [0.4, 0.5) is 0 Å². The van der Waals surface area contributed by atoms with Crippen LogP contribution in [0.25, 0.3) is 11.4 Å². The van der Waals surface area contributed by atoms with Crippen LogP contribution in [0.2, 0.25) is 0 Å². The monoisotopic (exact) mass is 248 g/mol. The van der Waals surface area contributed by atoms with Gasteiger partial charge >= 0.3 is 0 Å². The number of H-pyrrole nitrogens is 1. The SMILES string of the molecule is CC(C)(C)Cn1c(-c2ccncc2)n[nH]c1=S. The summed E-state index contributed by atoms with van der Waals surface area (Å²) in [4.78, 5) is 4.01. The first-order valence-electron chi connectivity index (χ1n) is 5.53. The normalized spacial score (nSPS) is 11.7. The third-order valence-corrected chi connectivity index (χ3v) is 2.64. The summed E-state index contributed by atoms with van der Waals surface area (Å²) in [7, 11) is 0. The maximum Gasteiger partial charge on any atom is 0.195 e. The van der Waals surface area contributed by atoms with Crippen LogP contribution in [0.15, 0.2) is 24.5 Å². The quantitative estimate of drug-likeness (QED) is 0.831. The molecule has 0 saturated carbocycles. The minimum Gasteiger partial charge on any atom is -0.300 e. The Morgan fingerprint density at radius 3 is 2.53 bits per heavy atom. The molecule has 0 amide bonds. The highest BCUT2D eigenvalue weighted by Gasteiger charge is 2.16. The van der Waals surface area contributed by atoms with Gasteiger partial charge in [-0.2, -0.15) is 5.10 Å². The minimum absolute atomic E-state index is 0.157. The fourth-order valence-corrected chi connectivity index (χ4v) is 1.86. The smallest absolute Gasteiger partial charge is 0.195 e. The summed E-state index contributed by atoms with van der Waals surface area (Å²) in [5.74, 6) is 0.868. The summed E-state index contributed by atoms with van der Waals surface area (Å²) in [6.45, 7) is 7.37. The van der Waals surface area contributed by atoms with Crippen molar-refractivity contribution in [1.29, 1.82) is 0 Å². The van der Waals surface area contributed by atoms with E-state index in [2.05, 4.69) is 36.0 Å². The number of aromatic amines is 1. The first kappa shape index (κ1) is 12.0. The highest BCUT2D eigenvalue weighted by molar-refractivity contribution is 7.71. The van der Waals surface area contributed by atoms with Gasteiger partial charge in [0.25, 0.3) is 0 Å². The summed E-state index contributed by atoms with van der Waals surface area (Å²) in [5, 5.41) is 7.14. The molecule has 0 bridgehead atoms. The maximum atomic E-state index is 5.27. The van der Waals surface area contributed by atoms with Crippen LogP contribution >= 0.6 is 12.2 Å². The molecular formula is C12H16N4S. The van der Waals surface area contributed by atoms with Crippen LogP contribution in [-0.4, -0.2) is 19.7 Å². The Kier molecular flexibility index (Phi) is 3.11. The third kappa shape index (κ3) is 2.79. The lowest BCUT2D eigenvalue weighted by molar-refractivity contribution is 0.343. The van der Waals surface area contributed by atoms with Gasteiger partial charge in [0.15, 0.2) is 10.6 Å². The highest BCUT2D eigenvalue weighted by atomic mass is 32.1. The molecule has 0 radical (unpaired) electrons. The lowest BCUT2D eigenvalue weighted by Crippen LogP contribution is -2.16. The molecule has 2 aromatic heterocycles. The molecule has 0 unspecified atom stereocenters. The van der Waals surface area contributed by atoms with Crippen molar-refractivity contribution in [3.63, 3.8) is 0 Å². The van der Waals surface area contributed by atoms with E-state index in [-0.39, 0.29) is 5.41 Å². The first-order valence-corrected chi connectivity index (χ1v) is 5.94. The van der Waals surface area contributed by atoms with E-state index in [1.54, 1.807) is 12.4 Å². The van der Waals surface area contributed by atoms with Crippen LogP contribution < -0.4 is 0 Å². The average molecular weight is 248 g/mol. The van der Waals surface area contributed by atoms with Gasteiger partial charge in [0.05, 0.1) is 0 Å². The number of rotatable bonds is 2. The predicted molar refractivity (Wildman–Crippen MR) is 70.1 cm³/mol. The number of pyridine rings is 1. The van der Waals surface area contributed by atoms with E-state index in [1.165, 1.54) is 0 Å². The van der Waals surface area contributed by atoms with E-state index in [4.69, 9.17) is 12.2 Å². The standard InChI is InChI=1S/C12H16N4S/c1-12(2,3)8-16-10(14-15-11(16)17)9-4-6-13-7-5-9/h4-7H,8H2,1-3H3,(H,15,17). The molecule has 0 aliphatic rings. The molecule has 0 aliphatic heterocycles. The van der Waals surface area contributed by atoms with Crippen molar-refractivity contribution >= 4 is 12.2 Å². The molecule has 2 aromatic rings. The molecule has 17 heavy (non-hydrogen) atoms. The molecule has 2 heterocycles. The molecule has 0 atom stereocenters. The molecule has 5 heteroatoms. The van der Waals surface area contributed by atoms with E-state index in [0.29, 0.717) is 4.77 Å². The molecule has 2 rings (SSSR count). The van der Waals surface area contributed by atoms with Crippen molar-refractivity contribution in [2.24, 2.45) is 5.41 Å². The topological polar surface area (TPSA) is 46.5 Å². The fourth-order valence-electron chi connectivity index (χ4n) is 1.66. The second-order valence-electron chi connectivity index (χ2n) is 5.24. The summed E-state index contributed by atoms with van der Waals surface area (Å²) in [6, 6.07) is 3.87. The summed E-state index contributed by atoms with van der Waals surface area (Å²) in [6.07, 6.45) is 3.52. The van der Waals surface area contributed by atoms with Gasteiger partial charge in [-0.3, -0.25) is 14.6 Å². The Bertz CT molecular complexity index is 548. The highest BCUT2D eigenvalue weighted by Crippen LogP contribution is 2.22. The van der Waals surface area contributed by atoms with E-state index in [9.17, 15) is 0 Å². The molecule has 1 N–H and O–H groups in total. The summed E-state index contributed by atoms with van der Waals surface area (Å²) in [5.41, 5.74) is 1.18. The molecule has 0 saturated heterocycles. The second kappa shape index (κ2) is 4.41. The van der Waals surface area contributed by atoms with Crippen LogP contribution in [0.5, 0.6) is 0 Å². The summed E-state index contributed by atoms with van der Waals surface area (Å²) >= 11 is 5.27. The molecule has 0 spiro atoms. The largest absolute Gasteiger partial charge is 0.300 e. The van der Waals surface area contributed by atoms with Crippen molar-refractivity contribution in [1.82, 2.24) is 19.7 Å². The molecular weight excluding hydrogens is 232 g/mol. The van der Waals surface area contributed by atoms with Crippen LogP contribution in [0.3, 0.4) is 0 Å². The van der Waals surface area contributed by atoms with Crippen molar-refractivity contribution < 1.29 is 0 Å². The van der Waals surface area contributed by atoms with E-state index in [1.807, 2.05) is 16.7 Å².